The van der Waals surface area contributed by atoms with Gasteiger partial charge in [0.25, 0.3) is 0 Å². The molecule has 2 fully saturated rings. The van der Waals surface area contributed by atoms with Crippen LogP contribution in [0.5, 0.6) is 0 Å². The summed E-state index contributed by atoms with van der Waals surface area (Å²) in [6.07, 6.45) is 6.35. The summed E-state index contributed by atoms with van der Waals surface area (Å²) in [6, 6.07) is 0.329. The van der Waals surface area contributed by atoms with E-state index in [1.54, 1.807) is 0 Å². The molecule has 3 unspecified atom stereocenters. The van der Waals surface area contributed by atoms with Crippen LogP contribution in [0.2, 0.25) is 0 Å². The number of nitrogens with two attached hydrogens (primary N) is 1. The Bertz CT molecular complexity index is 266. The first kappa shape index (κ1) is 12.8. The largest absolute Gasteiger partial charge is 0.364 e. The lowest BCUT2D eigenvalue weighted by molar-refractivity contribution is -0.132. The molecule has 1 aliphatic heterocycles. The number of carbonyl (C=O) groups is 1. The molecule has 0 aromatic carbocycles. The Morgan fingerprint density at radius 1 is 1.41 bits per heavy atom. The average molecular weight is 240 g/mol. The van der Waals surface area contributed by atoms with Gasteiger partial charge in [0, 0.05) is 12.6 Å². The zero-order valence-corrected chi connectivity index (χ0v) is 10.7. The van der Waals surface area contributed by atoms with E-state index in [1.165, 1.54) is 12.8 Å². The Labute approximate surface area is 103 Å². The van der Waals surface area contributed by atoms with E-state index in [4.69, 9.17) is 10.5 Å². The third kappa shape index (κ3) is 3.68. The van der Waals surface area contributed by atoms with Gasteiger partial charge >= 0.3 is 0 Å². The molecule has 0 aromatic heterocycles. The van der Waals surface area contributed by atoms with Crippen molar-refractivity contribution in [2.24, 2.45) is 11.7 Å². The van der Waals surface area contributed by atoms with Crippen molar-refractivity contribution in [1.82, 2.24) is 5.32 Å². The summed E-state index contributed by atoms with van der Waals surface area (Å²) in [5, 5.41) is 3.12. The average Bonchev–Trinajstić information content (AvgIpc) is 3.02. The quantitative estimate of drug-likeness (QED) is 0.733. The van der Waals surface area contributed by atoms with E-state index in [9.17, 15) is 4.79 Å². The first-order chi connectivity index (χ1) is 8.22. The zero-order valence-electron chi connectivity index (χ0n) is 10.7. The van der Waals surface area contributed by atoms with Gasteiger partial charge in [-0.25, -0.2) is 0 Å². The highest BCUT2D eigenvalue weighted by Gasteiger charge is 2.32. The van der Waals surface area contributed by atoms with Crippen LogP contribution in [0.3, 0.4) is 0 Å². The molecule has 98 valence electrons. The van der Waals surface area contributed by atoms with Crippen molar-refractivity contribution in [2.75, 3.05) is 6.54 Å². The third-order valence-electron chi connectivity index (χ3n) is 3.82. The van der Waals surface area contributed by atoms with Crippen molar-refractivity contribution in [3.63, 3.8) is 0 Å². The van der Waals surface area contributed by atoms with E-state index in [2.05, 4.69) is 12.2 Å². The molecule has 1 amide bonds. The van der Waals surface area contributed by atoms with Gasteiger partial charge in [0.05, 0.1) is 6.10 Å². The van der Waals surface area contributed by atoms with Gasteiger partial charge in [-0.05, 0) is 31.6 Å². The van der Waals surface area contributed by atoms with Crippen molar-refractivity contribution in [2.45, 2.75) is 63.7 Å². The molecule has 3 N–H and O–H groups in total. The van der Waals surface area contributed by atoms with Crippen molar-refractivity contribution in [1.29, 1.82) is 0 Å². The van der Waals surface area contributed by atoms with Gasteiger partial charge in [-0.3, -0.25) is 4.79 Å². The first-order valence-corrected chi connectivity index (χ1v) is 6.88. The minimum atomic E-state index is -0.267. The SMILES string of the molecule is CCC(CC1CC1)NC(=O)C1CCC(CN)O1. The minimum absolute atomic E-state index is 0.0634. The van der Waals surface area contributed by atoms with E-state index in [0.29, 0.717) is 12.6 Å². The van der Waals surface area contributed by atoms with Gasteiger partial charge in [-0.2, -0.15) is 0 Å². The fourth-order valence-electron chi connectivity index (χ4n) is 2.45. The van der Waals surface area contributed by atoms with Crippen LogP contribution in [0.4, 0.5) is 0 Å². The number of hydrogen-bond donors (Lipinski definition) is 2. The fourth-order valence-corrected chi connectivity index (χ4v) is 2.45. The molecule has 1 heterocycles. The molecule has 17 heavy (non-hydrogen) atoms. The van der Waals surface area contributed by atoms with Crippen LogP contribution < -0.4 is 11.1 Å². The van der Waals surface area contributed by atoms with Gasteiger partial charge in [-0.15, -0.1) is 0 Å². The number of carbonyl (C=O) groups excluding carboxylic acids is 1. The topological polar surface area (TPSA) is 64.4 Å². The molecule has 1 saturated heterocycles. The lowest BCUT2D eigenvalue weighted by atomic mass is 10.1. The standard InChI is InChI=1S/C13H24N2O2/c1-2-10(7-9-3-4-9)15-13(16)12-6-5-11(8-14)17-12/h9-12H,2-8,14H2,1H3,(H,15,16). The van der Waals surface area contributed by atoms with E-state index < -0.39 is 0 Å². The smallest absolute Gasteiger partial charge is 0.249 e. The maximum atomic E-state index is 12.0. The Hall–Kier alpha value is -0.610. The van der Waals surface area contributed by atoms with Gasteiger partial charge < -0.3 is 15.8 Å². The molecular formula is C13H24N2O2. The molecule has 0 bridgehead atoms. The van der Waals surface area contributed by atoms with E-state index in [1.807, 2.05) is 0 Å². The van der Waals surface area contributed by atoms with Crippen molar-refractivity contribution >= 4 is 5.91 Å². The van der Waals surface area contributed by atoms with E-state index >= 15 is 0 Å². The van der Waals surface area contributed by atoms with Crippen LogP contribution in [0.1, 0.15) is 45.4 Å². The maximum Gasteiger partial charge on any atom is 0.249 e. The first-order valence-electron chi connectivity index (χ1n) is 6.88. The van der Waals surface area contributed by atoms with Crippen LogP contribution >= 0.6 is 0 Å². The van der Waals surface area contributed by atoms with Crippen molar-refractivity contribution in [3.05, 3.63) is 0 Å². The summed E-state index contributed by atoms with van der Waals surface area (Å²) in [5.41, 5.74) is 5.54. The highest BCUT2D eigenvalue weighted by molar-refractivity contribution is 5.81. The maximum absolute atomic E-state index is 12.0. The number of rotatable bonds is 6. The zero-order chi connectivity index (χ0) is 12.3. The second-order valence-corrected chi connectivity index (χ2v) is 5.35. The van der Waals surface area contributed by atoms with Crippen molar-refractivity contribution in [3.8, 4) is 0 Å². The molecule has 1 saturated carbocycles. The van der Waals surface area contributed by atoms with E-state index in [-0.39, 0.29) is 18.1 Å². The Kier molecular flexibility index (Phi) is 4.40. The minimum Gasteiger partial charge on any atom is -0.364 e. The second-order valence-electron chi connectivity index (χ2n) is 5.35. The fraction of sp³-hybridized carbons (Fsp3) is 0.923. The van der Waals surface area contributed by atoms with Crippen LogP contribution in [-0.2, 0) is 9.53 Å². The third-order valence-corrected chi connectivity index (χ3v) is 3.82. The molecule has 3 atom stereocenters. The highest BCUT2D eigenvalue weighted by atomic mass is 16.5. The number of hydrogen-bond acceptors (Lipinski definition) is 3. The molecule has 0 spiro atoms. The molecule has 2 aliphatic rings. The summed E-state index contributed by atoms with van der Waals surface area (Å²) in [4.78, 5) is 12.0. The number of amides is 1. The highest BCUT2D eigenvalue weighted by Crippen LogP contribution is 2.34. The Balaban J connectivity index is 1.74. The summed E-state index contributed by atoms with van der Waals surface area (Å²) >= 11 is 0. The van der Waals surface area contributed by atoms with Gasteiger partial charge in [0.1, 0.15) is 6.10 Å². The van der Waals surface area contributed by atoms with E-state index in [0.717, 1.165) is 31.6 Å². The molecule has 0 radical (unpaired) electrons. The van der Waals surface area contributed by atoms with Crippen LogP contribution in [-0.4, -0.2) is 30.7 Å². The van der Waals surface area contributed by atoms with Gasteiger partial charge in [0.15, 0.2) is 0 Å². The summed E-state index contributed by atoms with van der Waals surface area (Å²) in [5.74, 6) is 0.912. The Morgan fingerprint density at radius 2 is 2.18 bits per heavy atom. The molecule has 1 aliphatic carbocycles. The molecular weight excluding hydrogens is 216 g/mol. The molecule has 4 heteroatoms. The lowest BCUT2D eigenvalue weighted by Gasteiger charge is -2.19. The van der Waals surface area contributed by atoms with Gasteiger partial charge in [-0.1, -0.05) is 19.8 Å². The predicted octanol–water partition coefficient (Wildman–Crippen LogP) is 1.19. The lowest BCUT2D eigenvalue weighted by Crippen LogP contribution is -2.41. The molecule has 0 aromatic rings. The van der Waals surface area contributed by atoms with Crippen molar-refractivity contribution < 1.29 is 9.53 Å². The predicted molar refractivity (Wildman–Crippen MR) is 66.5 cm³/mol. The number of ether oxygens (including phenoxy) is 1. The molecule has 4 nitrogen and oxygen atoms in total. The summed E-state index contributed by atoms with van der Waals surface area (Å²) in [6.45, 7) is 2.65. The normalized spacial score (nSPS) is 30.2. The molecule has 2 rings (SSSR count). The summed E-state index contributed by atoms with van der Waals surface area (Å²) < 4.78 is 5.60. The van der Waals surface area contributed by atoms with Crippen LogP contribution in [0.25, 0.3) is 0 Å². The van der Waals surface area contributed by atoms with Crippen LogP contribution in [0, 0.1) is 5.92 Å². The number of nitrogens with one attached hydrogen (secondary N) is 1. The summed E-state index contributed by atoms with van der Waals surface area (Å²) in [7, 11) is 0. The van der Waals surface area contributed by atoms with Gasteiger partial charge in [0.2, 0.25) is 5.91 Å². The second kappa shape index (κ2) is 5.83. The monoisotopic (exact) mass is 240 g/mol. The Morgan fingerprint density at radius 3 is 2.71 bits per heavy atom. The van der Waals surface area contributed by atoms with Crippen LogP contribution in [0.15, 0.2) is 0 Å².